The Kier molecular flexibility index (Phi) is 7.41. The third-order valence-corrected chi connectivity index (χ3v) is 10.6. The van der Waals surface area contributed by atoms with E-state index in [1.165, 1.54) is 37.7 Å². The fourth-order valence-electron chi connectivity index (χ4n) is 8.83. The van der Waals surface area contributed by atoms with Crippen LogP contribution in [0.5, 0.6) is 0 Å². The van der Waals surface area contributed by atoms with Crippen molar-refractivity contribution in [1.82, 2.24) is 15.0 Å². The molecule has 4 atom stereocenters. The predicted molar refractivity (Wildman–Crippen MR) is 190 cm³/mol. The smallest absolute Gasteiger partial charge is 0.164 e. The molecular weight excluding hydrogens is 573 g/mol. The Labute approximate surface area is 277 Å². The van der Waals surface area contributed by atoms with Crippen molar-refractivity contribution < 1.29 is 0 Å². The van der Waals surface area contributed by atoms with Gasteiger partial charge in [-0.2, -0.15) is 5.26 Å². The largest absolute Gasteiger partial charge is 0.208 e. The van der Waals surface area contributed by atoms with Crippen LogP contribution in [-0.2, 0) is 5.41 Å². The van der Waals surface area contributed by atoms with Gasteiger partial charge in [-0.15, -0.1) is 0 Å². The van der Waals surface area contributed by atoms with E-state index in [9.17, 15) is 5.26 Å². The third kappa shape index (κ3) is 5.51. The van der Waals surface area contributed by atoms with E-state index in [1.807, 2.05) is 48.5 Å². The van der Waals surface area contributed by atoms with Crippen molar-refractivity contribution in [3.05, 3.63) is 126 Å². The summed E-state index contributed by atoms with van der Waals surface area (Å²) < 4.78 is 0. The molecule has 0 saturated heterocycles. The van der Waals surface area contributed by atoms with E-state index >= 15 is 0 Å². The first kappa shape index (κ1) is 29.3. The summed E-state index contributed by atoms with van der Waals surface area (Å²) in [5, 5.41) is 11.7. The number of hydrogen-bond acceptors (Lipinski definition) is 4. The Hall–Kier alpha value is -5.14. The fraction of sp³-hybridized carbons (Fsp3) is 0.256. The number of fused-ring (bicyclic) bond motifs is 3. The molecule has 2 aliphatic rings. The number of nitrogens with zero attached hydrogens (tertiary/aromatic N) is 4. The first-order valence-corrected chi connectivity index (χ1v) is 16.9. The molecule has 4 heteroatoms. The van der Waals surface area contributed by atoms with Crippen LogP contribution in [0.2, 0.25) is 0 Å². The van der Waals surface area contributed by atoms with Crippen LogP contribution in [0.15, 0.2) is 115 Å². The van der Waals surface area contributed by atoms with Gasteiger partial charge in [0.2, 0.25) is 0 Å². The predicted octanol–water partition coefficient (Wildman–Crippen LogP) is 10.7. The van der Waals surface area contributed by atoms with Crippen LogP contribution in [-0.4, -0.2) is 15.0 Å². The highest BCUT2D eigenvalue weighted by atomic mass is 15.0. The zero-order valence-electron chi connectivity index (χ0n) is 27.0. The van der Waals surface area contributed by atoms with E-state index in [0.717, 1.165) is 56.3 Å². The maximum absolute atomic E-state index is 9.63. The lowest BCUT2D eigenvalue weighted by Gasteiger charge is -2.50. The normalized spacial score (nSPS) is 22.1. The van der Waals surface area contributed by atoms with E-state index in [0.29, 0.717) is 28.5 Å². The quantitative estimate of drug-likeness (QED) is 0.195. The molecule has 1 aromatic heterocycles. The van der Waals surface area contributed by atoms with Gasteiger partial charge in [-0.05, 0) is 83.4 Å². The molecule has 0 aliphatic heterocycles. The first-order chi connectivity index (χ1) is 23.0. The zero-order valence-corrected chi connectivity index (χ0v) is 27.0. The van der Waals surface area contributed by atoms with Crippen molar-refractivity contribution in [1.29, 1.82) is 5.26 Å². The Morgan fingerprint density at radius 2 is 1.06 bits per heavy atom. The molecule has 2 bridgehead atoms. The standard InChI is InChI=1S/C43H38N4/c1-28-22-30-23-29(2)25-43(24-28,26-30)36-19-16-34(17-20-36)42-46-40(32-8-4-3-5-9-32)45-41(47-42)33-14-12-31(13-15-33)38-21-18-35(27-44)37-10-6-7-11-39(37)38/h3-21,28-30H,22-26H2,1-2H3/t28-,29+,30-,43?. The molecule has 1 unspecified atom stereocenters. The summed E-state index contributed by atoms with van der Waals surface area (Å²) >= 11 is 0. The zero-order chi connectivity index (χ0) is 32.0. The summed E-state index contributed by atoms with van der Waals surface area (Å²) in [7, 11) is 0. The molecular formula is C43H38N4. The Morgan fingerprint density at radius 1 is 0.553 bits per heavy atom. The van der Waals surface area contributed by atoms with Gasteiger partial charge in [-0.25, -0.2) is 15.0 Å². The van der Waals surface area contributed by atoms with Crippen molar-refractivity contribution in [3.63, 3.8) is 0 Å². The maximum atomic E-state index is 9.63. The molecule has 6 aromatic rings. The summed E-state index contributed by atoms with van der Waals surface area (Å²) in [4.78, 5) is 15.0. The Morgan fingerprint density at radius 3 is 1.66 bits per heavy atom. The summed E-state index contributed by atoms with van der Waals surface area (Å²) in [6.07, 6.45) is 6.66. The van der Waals surface area contributed by atoms with Gasteiger partial charge < -0.3 is 0 Å². The minimum absolute atomic E-state index is 0.292. The van der Waals surface area contributed by atoms with Crippen molar-refractivity contribution >= 4 is 10.8 Å². The number of rotatable bonds is 5. The number of hydrogen-bond donors (Lipinski definition) is 0. The molecule has 2 aliphatic carbocycles. The Balaban J connectivity index is 1.17. The topological polar surface area (TPSA) is 62.5 Å². The molecule has 0 N–H and O–H groups in total. The van der Waals surface area contributed by atoms with E-state index in [1.54, 1.807) is 0 Å². The van der Waals surface area contributed by atoms with Crippen LogP contribution in [0.4, 0.5) is 0 Å². The van der Waals surface area contributed by atoms with Crippen molar-refractivity contribution in [2.24, 2.45) is 17.8 Å². The van der Waals surface area contributed by atoms with Gasteiger partial charge in [0.05, 0.1) is 11.6 Å². The molecule has 0 amide bonds. The van der Waals surface area contributed by atoms with Gasteiger partial charge >= 0.3 is 0 Å². The molecule has 4 nitrogen and oxygen atoms in total. The second-order valence-electron chi connectivity index (χ2n) is 14.1. The van der Waals surface area contributed by atoms with Gasteiger partial charge in [0.1, 0.15) is 0 Å². The fourth-order valence-corrected chi connectivity index (χ4v) is 8.83. The highest BCUT2D eigenvalue weighted by molar-refractivity contribution is 5.99. The minimum atomic E-state index is 0.292. The number of benzene rings is 5. The minimum Gasteiger partial charge on any atom is -0.208 e. The highest BCUT2D eigenvalue weighted by Crippen LogP contribution is 2.54. The SMILES string of the molecule is C[C@@H]1C[C@@H]2C[C@H](C)CC(c3ccc(-c4nc(-c5ccccc5)nc(-c5ccc(-c6ccc(C#N)c7ccccc67)cc5)n4)cc3)(C1)C2. The van der Waals surface area contributed by atoms with E-state index in [-0.39, 0.29) is 0 Å². The van der Waals surface area contributed by atoms with Gasteiger partial charge in [-0.1, -0.05) is 123 Å². The van der Waals surface area contributed by atoms with Gasteiger partial charge in [0.25, 0.3) is 0 Å². The highest BCUT2D eigenvalue weighted by Gasteiger charge is 2.45. The van der Waals surface area contributed by atoms with Gasteiger partial charge in [-0.3, -0.25) is 0 Å². The first-order valence-electron chi connectivity index (χ1n) is 16.9. The van der Waals surface area contributed by atoms with E-state index in [4.69, 9.17) is 15.0 Å². The molecule has 1 heterocycles. The number of aromatic nitrogens is 3. The van der Waals surface area contributed by atoms with Crippen LogP contribution >= 0.6 is 0 Å². The van der Waals surface area contributed by atoms with Crippen LogP contribution in [0.1, 0.15) is 57.1 Å². The van der Waals surface area contributed by atoms with Crippen LogP contribution < -0.4 is 0 Å². The molecule has 8 rings (SSSR count). The van der Waals surface area contributed by atoms with Gasteiger partial charge in [0.15, 0.2) is 17.5 Å². The lowest BCUT2D eigenvalue weighted by Crippen LogP contribution is -2.42. The van der Waals surface area contributed by atoms with Crippen molar-refractivity contribution in [3.8, 4) is 51.4 Å². The molecule has 230 valence electrons. The lowest BCUT2D eigenvalue weighted by atomic mass is 9.54. The molecule has 0 spiro atoms. The molecule has 2 fully saturated rings. The second kappa shape index (κ2) is 11.9. The molecule has 5 aromatic carbocycles. The van der Waals surface area contributed by atoms with Crippen molar-refractivity contribution in [2.45, 2.75) is 51.4 Å². The number of nitriles is 1. The van der Waals surface area contributed by atoms with Crippen LogP contribution in [0.25, 0.3) is 56.1 Å². The second-order valence-corrected chi connectivity index (χ2v) is 14.1. The van der Waals surface area contributed by atoms with Crippen LogP contribution in [0.3, 0.4) is 0 Å². The average Bonchev–Trinajstić information content (AvgIpc) is 3.11. The van der Waals surface area contributed by atoms with Gasteiger partial charge in [0, 0.05) is 22.1 Å². The summed E-state index contributed by atoms with van der Waals surface area (Å²) in [5.74, 6) is 4.42. The summed E-state index contributed by atoms with van der Waals surface area (Å²) in [6.45, 7) is 4.89. The Bertz CT molecular complexity index is 2090. The average molecular weight is 611 g/mol. The third-order valence-electron chi connectivity index (χ3n) is 10.6. The molecule has 47 heavy (non-hydrogen) atoms. The molecule has 0 radical (unpaired) electrons. The molecule has 2 saturated carbocycles. The maximum Gasteiger partial charge on any atom is 0.164 e. The lowest BCUT2D eigenvalue weighted by molar-refractivity contribution is 0.0780. The monoisotopic (exact) mass is 610 g/mol. The summed E-state index contributed by atoms with van der Waals surface area (Å²) in [5.41, 5.74) is 7.54. The van der Waals surface area contributed by atoms with Crippen LogP contribution in [0, 0.1) is 29.1 Å². The van der Waals surface area contributed by atoms with E-state index < -0.39 is 0 Å². The van der Waals surface area contributed by atoms with Crippen molar-refractivity contribution in [2.75, 3.05) is 0 Å². The summed E-state index contributed by atoms with van der Waals surface area (Å²) in [6, 6.07) is 42.1. The van der Waals surface area contributed by atoms with E-state index in [2.05, 4.69) is 86.6 Å².